The lowest BCUT2D eigenvalue weighted by Crippen LogP contribution is -2.41. The summed E-state index contributed by atoms with van der Waals surface area (Å²) in [6.45, 7) is 2.28. The van der Waals surface area contributed by atoms with Crippen LogP contribution in [0.1, 0.15) is 48.7 Å². The molecule has 0 aromatic carbocycles. The highest BCUT2D eigenvalue weighted by Gasteiger charge is 2.42. The molecule has 3 atom stereocenters. The Balaban J connectivity index is 1.57. The fraction of sp³-hybridized carbons (Fsp3) is 0.722. The number of carbonyl (C=O) groups excluding carboxylic acids is 1. The molecule has 26 heavy (non-hydrogen) atoms. The minimum absolute atomic E-state index is 0.00660. The van der Waals surface area contributed by atoms with Crippen LogP contribution in [-0.4, -0.2) is 53.2 Å². The van der Waals surface area contributed by atoms with E-state index < -0.39 is 17.5 Å². The fourth-order valence-corrected chi connectivity index (χ4v) is 4.32. The van der Waals surface area contributed by atoms with Gasteiger partial charge in [0.1, 0.15) is 11.8 Å². The number of ether oxygens (including phenoxy) is 2. The molecular weight excluding hydrogens is 344 g/mol. The van der Waals surface area contributed by atoms with Crippen LogP contribution in [0.4, 0.5) is 8.78 Å². The number of carbonyl (C=O) groups is 1. The van der Waals surface area contributed by atoms with E-state index >= 15 is 0 Å². The van der Waals surface area contributed by atoms with E-state index in [1.807, 2.05) is 0 Å². The van der Waals surface area contributed by atoms with Gasteiger partial charge in [0.2, 0.25) is 0 Å². The minimum atomic E-state index is -3.26. The number of rotatable bonds is 4. The lowest BCUT2D eigenvalue weighted by molar-refractivity contribution is 0.00750. The molecule has 6 nitrogen and oxygen atoms in total. The van der Waals surface area contributed by atoms with Crippen molar-refractivity contribution >= 4 is 5.91 Å². The molecule has 1 aromatic heterocycles. The molecule has 3 aliphatic rings. The van der Waals surface area contributed by atoms with Gasteiger partial charge in [0, 0.05) is 26.2 Å². The van der Waals surface area contributed by atoms with Crippen LogP contribution < -0.4 is 4.74 Å². The second-order valence-corrected chi connectivity index (χ2v) is 7.54. The zero-order chi connectivity index (χ0) is 18.3. The zero-order valence-electron chi connectivity index (χ0n) is 14.8. The first kappa shape index (κ1) is 17.6. The van der Waals surface area contributed by atoms with Gasteiger partial charge in [-0.2, -0.15) is 13.8 Å². The summed E-state index contributed by atoms with van der Waals surface area (Å²) in [5.41, 5.74) is -0.734. The van der Waals surface area contributed by atoms with Gasteiger partial charge < -0.3 is 14.4 Å². The van der Waals surface area contributed by atoms with Crippen molar-refractivity contribution in [3.63, 3.8) is 0 Å². The number of amides is 1. The van der Waals surface area contributed by atoms with Crippen LogP contribution in [0.2, 0.25) is 0 Å². The van der Waals surface area contributed by atoms with Crippen LogP contribution in [-0.2, 0) is 10.7 Å². The Labute approximate surface area is 150 Å². The van der Waals surface area contributed by atoms with Crippen molar-refractivity contribution in [1.29, 1.82) is 0 Å². The molecule has 2 bridgehead atoms. The topological polar surface area (TPSA) is 64.6 Å². The summed E-state index contributed by atoms with van der Waals surface area (Å²) in [5, 5.41) is 0. The fourth-order valence-electron chi connectivity index (χ4n) is 4.32. The van der Waals surface area contributed by atoms with Crippen LogP contribution in [0.25, 0.3) is 0 Å². The Hall–Kier alpha value is -1.83. The zero-order valence-corrected chi connectivity index (χ0v) is 14.8. The second-order valence-electron chi connectivity index (χ2n) is 7.54. The first-order chi connectivity index (χ1) is 12.4. The van der Waals surface area contributed by atoms with Crippen LogP contribution in [0.3, 0.4) is 0 Å². The van der Waals surface area contributed by atoms with Crippen molar-refractivity contribution in [1.82, 2.24) is 14.9 Å². The maximum Gasteiger partial charge on any atom is 0.317 e. The Morgan fingerprint density at radius 1 is 1.31 bits per heavy atom. The van der Waals surface area contributed by atoms with Gasteiger partial charge in [0.15, 0.2) is 0 Å². The van der Waals surface area contributed by atoms with Crippen molar-refractivity contribution in [2.75, 3.05) is 26.3 Å². The first-order valence-electron chi connectivity index (χ1n) is 9.21. The normalized spacial score (nSPS) is 28.4. The highest BCUT2D eigenvalue weighted by molar-refractivity contribution is 5.95. The molecule has 1 aromatic rings. The van der Waals surface area contributed by atoms with E-state index in [0.717, 1.165) is 26.2 Å². The summed E-state index contributed by atoms with van der Waals surface area (Å²) >= 11 is 0. The Kier molecular flexibility index (Phi) is 4.54. The number of alkyl halides is 2. The molecule has 142 valence electrons. The van der Waals surface area contributed by atoms with Gasteiger partial charge >= 0.3 is 6.01 Å². The summed E-state index contributed by atoms with van der Waals surface area (Å²) in [7, 11) is 0. The van der Waals surface area contributed by atoms with Gasteiger partial charge in [-0.05, 0) is 37.5 Å². The summed E-state index contributed by atoms with van der Waals surface area (Å²) < 4.78 is 39.3. The van der Waals surface area contributed by atoms with Crippen molar-refractivity contribution < 1.29 is 23.0 Å². The number of hydrogen-bond acceptors (Lipinski definition) is 5. The van der Waals surface area contributed by atoms with Crippen LogP contribution in [0.15, 0.2) is 6.20 Å². The first-order valence-corrected chi connectivity index (χ1v) is 9.21. The molecule has 0 radical (unpaired) electrons. The van der Waals surface area contributed by atoms with Crippen LogP contribution in [0.5, 0.6) is 6.01 Å². The third kappa shape index (κ3) is 3.39. The van der Waals surface area contributed by atoms with Gasteiger partial charge in [-0.3, -0.25) is 4.79 Å². The number of fused-ring (bicyclic) bond motifs is 2. The van der Waals surface area contributed by atoms with Gasteiger partial charge in [-0.15, -0.1) is 0 Å². The monoisotopic (exact) mass is 367 g/mol. The maximum atomic E-state index is 14.1. The third-order valence-electron chi connectivity index (χ3n) is 5.64. The van der Waals surface area contributed by atoms with Crippen molar-refractivity contribution in [3.05, 3.63) is 17.5 Å². The molecule has 1 aliphatic heterocycles. The Bertz CT molecular complexity index is 689. The summed E-state index contributed by atoms with van der Waals surface area (Å²) in [4.78, 5) is 22.2. The summed E-state index contributed by atoms with van der Waals surface area (Å²) in [6, 6.07) is -0.0578. The molecule has 1 saturated heterocycles. The standard InChI is InChI=1S/C18H23F2N3O3/c1-18(19,20)15-13(16(24)23-4-6-25-7-5-23)10-21-17(22-15)26-14-9-11-2-3-12(14)8-11/h10-12,14H,2-9H2,1H3/t11-,12+,14+/m0/s1. The molecule has 0 spiro atoms. The van der Waals surface area contributed by atoms with Crippen molar-refractivity contribution in [2.24, 2.45) is 11.8 Å². The molecule has 4 rings (SSSR count). The van der Waals surface area contributed by atoms with E-state index in [-0.39, 0.29) is 17.7 Å². The SMILES string of the molecule is CC(F)(F)c1nc(O[C@@H]2C[C@H]3CC[C@@H]2C3)ncc1C(=O)N1CCOCC1. The molecule has 2 saturated carbocycles. The average molecular weight is 367 g/mol. The Morgan fingerprint density at radius 3 is 2.69 bits per heavy atom. The second kappa shape index (κ2) is 6.72. The maximum absolute atomic E-state index is 14.1. The smallest absolute Gasteiger partial charge is 0.317 e. The minimum Gasteiger partial charge on any atom is -0.460 e. The number of halogens is 2. The van der Waals surface area contributed by atoms with E-state index in [9.17, 15) is 13.6 Å². The van der Waals surface area contributed by atoms with Gasteiger partial charge in [-0.1, -0.05) is 0 Å². The molecular formula is C18H23F2N3O3. The summed E-state index contributed by atoms with van der Waals surface area (Å²) in [5.74, 6) is -2.62. The average Bonchev–Trinajstić information content (AvgIpc) is 3.24. The van der Waals surface area contributed by atoms with Crippen LogP contribution >= 0.6 is 0 Å². The summed E-state index contributed by atoms with van der Waals surface area (Å²) in [6.07, 6.45) is 5.57. The quantitative estimate of drug-likeness (QED) is 0.819. The molecule has 2 heterocycles. The van der Waals surface area contributed by atoms with E-state index in [1.165, 1.54) is 17.5 Å². The van der Waals surface area contributed by atoms with Gasteiger partial charge in [0.05, 0.1) is 18.8 Å². The molecule has 0 unspecified atom stereocenters. The van der Waals surface area contributed by atoms with Gasteiger partial charge in [0.25, 0.3) is 11.8 Å². The highest BCUT2D eigenvalue weighted by atomic mass is 19.3. The third-order valence-corrected chi connectivity index (χ3v) is 5.64. The molecule has 0 N–H and O–H groups in total. The van der Waals surface area contributed by atoms with E-state index in [2.05, 4.69) is 9.97 Å². The number of nitrogens with zero attached hydrogens (tertiary/aromatic N) is 3. The van der Waals surface area contributed by atoms with E-state index in [0.29, 0.717) is 38.1 Å². The number of hydrogen-bond donors (Lipinski definition) is 0. The lowest BCUT2D eigenvalue weighted by Gasteiger charge is -2.28. The van der Waals surface area contributed by atoms with Crippen molar-refractivity contribution in [2.45, 2.75) is 44.6 Å². The number of aromatic nitrogens is 2. The lowest BCUT2D eigenvalue weighted by atomic mass is 9.98. The van der Waals surface area contributed by atoms with Gasteiger partial charge in [-0.25, -0.2) is 4.98 Å². The predicted octanol–water partition coefficient (Wildman–Crippen LogP) is 2.63. The highest BCUT2D eigenvalue weighted by Crippen LogP contribution is 2.45. The number of morpholine rings is 1. The molecule has 1 amide bonds. The Morgan fingerprint density at radius 2 is 2.08 bits per heavy atom. The van der Waals surface area contributed by atoms with E-state index in [1.54, 1.807) is 0 Å². The van der Waals surface area contributed by atoms with Crippen molar-refractivity contribution in [3.8, 4) is 6.01 Å². The molecule has 8 heteroatoms. The molecule has 2 aliphatic carbocycles. The predicted molar refractivity (Wildman–Crippen MR) is 88.2 cm³/mol. The molecule has 3 fully saturated rings. The van der Waals surface area contributed by atoms with Crippen LogP contribution in [0, 0.1) is 11.8 Å². The largest absolute Gasteiger partial charge is 0.460 e. The van der Waals surface area contributed by atoms with E-state index in [4.69, 9.17) is 9.47 Å².